The molecule has 2 fully saturated rings. The molecule has 0 aromatic heterocycles. The van der Waals surface area contributed by atoms with Crippen molar-refractivity contribution < 1.29 is 4.74 Å². The standard InChI is InChI=1S/C14H29N3O/c1-4-16-6-8-17(9-7-16)14(12-15)5-10-18-13(2,3)11-14/h4-12,15H2,1-3H3. The van der Waals surface area contributed by atoms with Gasteiger partial charge in [0.1, 0.15) is 0 Å². The van der Waals surface area contributed by atoms with Crippen LogP contribution in [-0.4, -0.2) is 66.8 Å². The number of nitrogens with zero attached hydrogens (tertiary/aromatic N) is 2. The molecule has 106 valence electrons. The summed E-state index contributed by atoms with van der Waals surface area (Å²) >= 11 is 0. The van der Waals surface area contributed by atoms with Gasteiger partial charge < -0.3 is 15.4 Å². The van der Waals surface area contributed by atoms with Gasteiger partial charge in [0.25, 0.3) is 0 Å². The number of piperazine rings is 1. The minimum absolute atomic E-state index is 0.0283. The van der Waals surface area contributed by atoms with E-state index in [0.29, 0.717) is 0 Å². The molecular weight excluding hydrogens is 226 g/mol. The molecule has 0 spiro atoms. The van der Waals surface area contributed by atoms with Gasteiger partial charge in [0, 0.05) is 44.9 Å². The van der Waals surface area contributed by atoms with E-state index in [1.807, 2.05) is 0 Å². The third-order valence-electron chi connectivity index (χ3n) is 4.69. The van der Waals surface area contributed by atoms with Crippen molar-refractivity contribution in [3.63, 3.8) is 0 Å². The van der Waals surface area contributed by atoms with Gasteiger partial charge in [0.15, 0.2) is 0 Å². The van der Waals surface area contributed by atoms with E-state index in [4.69, 9.17) is 10.5 Å². The van der Waals surface area contributed by atoms with Crippen molar-refractivity contribution >= 4 is 0 Å². The predicted molar refractivity (Wildman–Crippen MR) is 74.7 cm³/mol. The van der Waals surface area contributed by atoms with Crippen LogP contribution in [0.5, 0.6) is 0 Å². The van der Waals surface area contributed by atoms with Crippen LogP contribution in [0.3, 0.4) is 0 Å². The summed E-state index contributed by atoms with van der Waals surface area (Å²) in [5, 5.41) is 0. The van der Waals surface area contributed by atoms with Crippen LogP contribution in [0.2, 0.25) is 0 Å². The Labute approximate surface area is 111 Å². The first kappa shape index (κ1) is 14.3. The van der Waals surface area contributed by atoms with Crippen molar-refractivity contribution in [3.8, 4) is 0 Å². The van der Waals surface area contributed by atoms with E-state index in [1.165, 1.54) is 13.1 Å². The Bertz CT molecular complexity index is 274. The summed E-state index contributed by atoms with van der Waals surface area (Å²) < 4.78 is 5.86. The lowest BCUT2D eigenvalue weighted by atomic mass is 9.79. The number of hydrogen-bond acceptors (Lipinski definition) is 4. The molecule has 2 N–H and O–H groups in total. The smallest absolute Gasteiger partial charge is 0.0644 e. The fourth-order valence-corrected chi connectivity index (χ4v) is 3.56. The summed E-state index contributed by atoms with van der Waals surface area (Å²) in [4.78, 5) is 5.15. The average Bonchev–Trinajstić information content (AvgIpc) is 2.37. The van der Waals surface area contributed by atoms with E-state index in [-0.39, 0.29) is 11.1 Å². The Hall–Kier alpha value is -0.160. The van der Waals surface area contributed by atoms with Crippen LogP contribution in [0.1, 0.15) is 33.6 Å². The molecule has 4 heteroatoms. The molecule has 0 saturated carbocycles. The first-order chi connectivity index (χ1) is 8.51. The van der Waals surface area contributed by atoms with Crippen LogP contribution in [0.25, 0.3) is 0 Å². The highest BCUT2D eigenvalue weighted by Gasteiger charge is 2.44. The van der Waals surface area contributed by atoms with Gasteiger partial charge in [-0.1, -0.05) is 6.92 Å². The van der Waals surface area contributed by atoms with Crippen LogP contribution in [0.4, 0.5) is 0 Å². The van der Waals surface area contributed by atoms with Gasteiger partial charge in [0.2, 0.25) is 0 Å². The molecule has 2 aliphatic heterocycles. The molecule has 4 nitrogen and oxygen atoms in total. The zero-order valence-electron chi connectivity index (χ0n) is 12.2. The molecule has 0 aliphatic carbocycles. The van der Waals surface area contributed by atoms with Gasteiger partial charge in [0.05, 0.1) is 5.60 Å². The lowest BCUT2D eigenvalue weighted by Gasteiger charge is -2.52. The average molecular weight is 255 g/mol. The second-order valence-corrected chi connectivity index (χ2v) is 6.38. The quantitative estimate of drug-likeness (QED) is 0.814. The predicted octanol–water partition coefficient (Wildman–Crippen LogP) is 0.910. The normalized spacial score (nSPS) is 34.7. The monoisotopic (exact) mass is 255 g/mol. The van der Waals surface area contributed by atoms with Crippen molar-refractivity contribution in [2.24, 2.45) is 5.73 Å². The molecule has 1 unspecified atom stereocenters. The number of ether oxygens (including phenoxy) is 1. The molecule has 18 heavy (non-hydrogen) atoms. The highest BCUT2D eigenvalue weighted by atomic mass is 16.5. The molecule has 0 amide bonds. The van der Waals surface area contributed by atoms with Gasteiger partial charge >= 0.3 is 0 Å². The first-order valence-electron chi connectivity index (χ1n) is 7.33. The van der Waals surface area contributed by atoms with Gasteiger partial charge in [-0.3, -0.25) is 4.90 Å². The molecule has 0 aromatic rings. The molecular formula is C14H29N3O. The van der Waals surface area contributed by atoms with Gasteiger partial charge in [-0.05, 0) is 33.2 Å². The topological polar surface area (TPSA) is 41.7 Å². The van der Waals surface area contributed by atoms with Gasteiger partial charge in [-0.25, -0.2) is 0 Å². The number of nitrogens with two attached hydrogens (primary N) is 1. The molecule has 0 bridgehead atoms. The van der Waals surface area contributed by atoms with Crippen molar-refractivity contribution in [3.05, 3.63) is 0 Å². The van der Waals surface area contributed by atoms with E-state index in [2.05, 4.69) is 30.6 Å². The van der Waals surface area contributed by atoms with Crippen LogP contribution in [-0.2, 0) is 4.74 Å². The summed E-state index contributed by atoms with van der Waals surface area (Å²) in [7, 11) is 0. The molecule has 0 aromatic carbocycles. The molecule has 2 heterocycles. The Morgan fingerprint density at radius 1 is 1.17 bits per heavy atom. The third kappa shape index (κ3) is 2.87. The maximum atomic E-state index is 6.15. The fourth-order valence-electron chi connectivity index (χ4n) is 3.56. The van der Waals surface area contributed by atoms with E-state index in [0.717, 1.165) is 45.6 Å². The van der Waals surface area contributed by atoms with Crippen molar-refractivity contribution in [1.82, 2.24) is 9.80 Å². The van der Waals surface area contributed by atoms with Crippen LogP contribution < -0.4 is 5.73 Å². The number of hydrogen-bond donors (Lipinski definition) is 1. The maximum Gasteiger partial charge on any atom is 0.0644 e. The van der Waals surface area contributed by atoms with Crippen LogP contribution >= 0.6 is 0 Å². The molecule has 1 atom stereocenters. The second kappa shape index (κ2) is 5.45. The highest BCUT2D eigenvalue weighted by molar-refractivity contribution is 5.00. The van der Waals surface area contributed by atoms with Crippen LogP contribution in [0, 0.1) is 0 Å². The third-order valence-corrected chi connectivity index (χ3v) is 4.69. The summed E-state index contributed by atoms with van der Waals surface area (Å²) in [6.45, 7) is 14.1. The minimum Gasteiger partial charge on any atom is -0.375 e. The lowest BCUT2D eigenvalue weighted by Crippen LogP contribution is -2.64. The van der Waals surface area contributed by atoms with Crippen molar-refractivity contribution in [2.45, 2.75) is 44.8 Å². The summed E-state index contributed by atoms with van der Waals surface area (Å²) in [6, 6.07) is 0. The van der Waals surface area contributed by atoms with Gasteiger partial charge in [-0.15, -0.1) is 0 Å². The summed E-state index contributed by atoms with van der Waals surface area (Å²) in [5.74, 6) is 0. The molecule has 2 saturated heterocycles. The zero-order chi connectivity index (χ0) is 13.2. The zero-order valence-corrected chi connectivity index (χ0v) is 12.2. The van der Waals surface area contributed by atoms with E-state index >= 15 is 0 Å². The molecule has 2 rings (SSSR count). The number of likely N-dealkylation sites (N-methyl/N-ethyl adjacent to an activating group) is 1. The van der Waals surface area contributed by atoms with E-state index in [9.17, 15) is 0 Å². The summed E-state index contributed by atoms with van der Waals surface area (Å²) in [5.41, 5.74) is 6.29. The number of rotatable bonds is 3. The molecule has 2 aliphatic rings. The largest absolute Gasteiger partial charge is 0.375 e. The van der Waals surface area contributed by atoms with E-state index < -0.39 is 0 Å². The fraction of sp³-hybridized carbons (Fsp3) is 1.00. The first-order valence-corrected chi connectivity index (χ1v) is 7.33. The minimum atomic E-state index is -0.0283. The Morgan fingerprint density at radius 2 is 1.83 bits per heavy atom. The molecule has 0 radical (unpaired) electrons. The maximum absolute atomic E-state index is 6.15. The van der Waals surface area contributed by atoms with Gasteiger partial charge in [-0.2, -0.15) is 0 Å². The lowest BCUT2D eigenvalue weighted by molar-refractivity contribution is -0.124. The second-order valence-electron chi connectivity index (χ2n) is 6.38. The Kier molecular flexibility index (Phi) is 4.32. The van der Waals surface area contributed by atoms with Crippen LogP contribution in [0.15, 0.2) is 0 Å². The Balaban J connectivity index is 2.04. The summed E-state index contributed by atoms with van der Waals surface area (Å²) in [6.07, 6.45) is 2.14. The van der Waals surface area contributed by atoms with Crippen molar-refractivity contribution in [2.75, 3.05) is 45.9 Å². The van der Waals surface area contributed by atoms with E-state index in [1.54, 1.807) is 0 Å². The van der Waals surface area contributed by atoms with Crippen molar-refractivity contribution in [1.29, 1.82) is 0 Å². The SMILES string of the molecule is CCN1CCN(C2(CN)CCOC(C)(C)C2)CC1. The highest BCUT2D eigenvalue weighted by Crippen LogP contribution is 2.36. The Morgan fingerprint density at radius 3 is 2.33 bits per heavy atom.